The summed E-state index contributed by atoms with van der Waals surface area (Å²) in [5, 5.41) is 5.36. The molecule has 0 saturated heterocycles. The minimum absolute atomic E-state index is 0.215. The van der Waals surface area contributed by atoms with Gasteiger partial charge in [-0.25, -0.2) is 9.59 Å². The van der Waals surface area contributed by atoms with E-state index in [4.69, 9.17) is 9.47 Å². The molecule has 1 fully saturated rings. The van der Waals surface area contributed by atoms with Crippen molar-refractivity contribution in [3.8, 4) is 0 Å². The van der Waals surface area contributed by atoms with Gasteiger partial charge in [0.1, 0.15) is 5.60 Å². The van der Waals surface area contributed by atoms with Gasteiger partial charge >= 0.3 is 12.1 Å². The van der Waals surface area contributed by atoms with Crippen molar-refractivity contribution in [3.05, 3.63) is 29.8 Å². The van der Waals surface area contributed by atoms with Crippen LogP contribution in [-0.2, 0) is 14.3 Å². The fourth-order valence-corrected chi connectivity index (χ4v) is 1.94. The van der Waals surface area contributed by atoms with Crippen LogP contribution in [0.25, 0.3) is 0 Å². The Balaban J connectivity index is 1.86. The van der Waals surface area contributed by atoms with Crippen molar-refractivity contribution in [1.29, 1.82) is 0 Å². The molecule has 1 atom stereocenters. The Hall–Kier alpha value is -2.57. The lowest BCUT2D eigenvalue weighted by Crippen LogP contribution is -2.37. The highest BCUT2D eigenvalue weighted by Gasteiger charge is 2.27. The maximum Gasteiger partial charge on any atom is 0.412 e. The van der Waals surface area contributed by atoms with E-state index in [0.717, 1.165) is 12.8 Å². The van der Waals surface area contributed by atoms with E-state index >= 15 is 0 Å². The molecule has 2 N–H and O–H groups in total. The molecule has 0 unspecified atom stereocenters. The zero-order valence-corrected chi connectivity index (χ0v) is 14.9. The predicted octanol–water partition coefficient (Wildman–Crippen LogP) is 2.86. The van der Waals surface area contributed by atoms with Crippen LogP contribution in [0.2, 0.25) is 0 Å². The standard InChI is InChI=1S/C18H24N2O5/c1-11(15(21)19-13-9-10-13)24-16(22)12-5-7-14(8-6-12)20-17(23)25-18(2,3)4/h5-8,11,13H,9-10H2,1-4H3,(H,19,21)(H,20,23)/t11-/m0/s1. The van der Waals surface area contributed by atoms with Gasteiger partial charge in [-0.3, -0.25) is 10.1 Å². The number of hydrogen-bond donors (Lipinski definition) is 2. The van der Waals surface area contributed by atoms with Gasteiger partial charge in [0.25, 0.3) is 5.91 Å². The zero-order chi connectivity index (χ0) is 18.6. The molecule has 2 amide bonds. The fourth-order valence-electron chi connectivity index (χ4n) is 1.94. The molecule has 136 valence electrons. The van der Waals surface area contributed by atoms with Crippen LogP contribution in [0.15, 0.2) is 24.3 Å². The van der Waals surface area contributed by atoms with Gasteiger partial charge in [0.05, 0.1) is 5.56 Å². The molecule has 0 spiro atoms. The van der Waals surface area contributed by atoms with Gasteiger partial charge < -0.3 is 14.8 Å². The average molecular weight is 348 g/mol. The minimum Gasteiger partial charge on any atom is -0.449 e. The van der Waals surface area contributed by atoms with Crippen LogP contribution in [0.4, 0.5) is 10.5 Å². The van der Waals surface area contributed by atoms with E-state index in [0.29, 0.717) is 11.3 Å². The van der Waals surface area contributed by atoms with E-state index < -0.39 is 23.8 Å². The second-order valence-electron chi connectivity index (χ2n) is 7.03. The van der Waals surface area contributed by atoms with Crippen molar-refractivity contribution in [2.75, 3.05) is 5.32 Å². The number of hydrogen-bond acceptors (Lipinski definition) is 5. The van der Waals surface area contributed by atoms with Crippen molar-refractivity contribution in [3.63, 3.8) is 0 Å². The number of carbonyl (C=O) groups excluding carboxylic acids is 3. The smallest absolute Gasteiger partial charge is 0.412 e. The van der Waals surface area contributed by atoms with Gasteiger partial charge in [0.15, 0.2) is 6.10 Å². The Bertz CT molecular complexity index is 644. The molecule has 0 aromatic heterocycles. The molecule has 0 radical (unpaired) electrons. The van der Waals surface area contributed by atoms with E-state index in [9.17, 15) is 14.4 Å². The number of carbonyl (C=O) groups is 3. The second-order valence-corrected chi connectivity index (χ2v) is 7.03. The topological polar surface area (TPSA) is 93.7 Å². The first kappa shape index (κ1) is 18.8. The SMILES string of the molecule is C[C@H](OC(=O)c1ccc(NC(=O)OC(C)(C)C)cc1)C(=O)NC1CC1. The summed E-state index contributed by atoms with van der Waals surface area (Å²) in [6.07, 6.45) is 0.512. The first-order valence-corrected chi connectivity index (χ1v) is 8.25. The molecule has 25 heavy (non-hydrogen) atoms. The number of rotatable bonds is 5. The van der Waals surface area contributed by atoms with Gasteiger partial charge in [-0.15, -0.1) is 0 Å². The number of esters is 1. The molecule has 1 saturated carbocycles. The Kier molecular flexibility index (Phi) is 5.66. The second kappa shape index (κ2) is 7.55. The number of anilines is 1. The number of benzene rings is 1. The lowest BCUT2D eigenvalue weighted by atomic mass is 10.2. The van der Waals surface area contributed by atoms with E-state index in [1.807, 2.05) is 0 Å². The minimum atomic E-state index is -0.854. The fraction of sp³-hybridized carbons (Fsp3) is 0.500. The summed E-state index contributed by atoms with van der Waals surface area (Å²) < 4.78 is 10.3. The molecular formula is C18H24N2O5. The third-order valence-electron chi connectivity index (χ3n) is 3.34. The molecule has 1 aromatic rings. The van der Waals surface area contributed by atoms with E-state index in [1.54, 1.807) is 32.9 Å². The van der Waals surface area contributed by atoms with Crippen molar-refractivity contribution in [2.45, 2.75) is 58.3 Å². The van der Waals surface area contributed by atoms with Gasteiger partial charge in [-0.05, 0) is 64.8 Å². The van der Waals surface area contributed by atoms with Crippen LogP contribution < -0.4 is 10.6 Å². The summed E-state index contributed by atoms with van der Waals surface area (Å²) in [5.74, 6) is -0.888. The lowest BCUT2D eigenvalue weighted by Gasteiger charge is -2.19. The van der Waals surface area contributed by atoms with Crippen LogP contribution in [0.1, 0.15) is 50.9 Å². The Morgan fingerprint density at radius 3 is 2.24 bits per heavy atom. The van der Waals surface area contributed by atoms with Gasteiger partial charge in [0.2, 0.25) is 0 Å². The summed E-state index contributed by atoms with van der Waals surface area (Å²) >= 11 is 0. The zero-order valence-electron chi connectivity index (χ0n) is 14.9. The Labute approximate surface area is 147 Å². The van der Waals surface area contributed by atoms with Crippen molar-refractivity contribution < 1.29 is 23.9 Å². The maximum absolute atomic E-state index is 12.1. The number of ether oxygens (including phenoxy) is 2. The molecule has 7 nitrogen and oxygen atoms in total. The largest absolute Gasteiger partial charge is 0.449 e. The highest BCUT2D eigenvalue weighted by molar-refractivity contribution is 5.93. The average Bonchev–Trinajstić information content (AvgIpc) is 3.29. The highest BCUT2D eigenvalue weighted by atomic mass is 16.6. The summed E-state index contributed by atoms with van der Waals surface area (Å²) in [5.41, 5.74) is 0.191. The first-order valence-electron chi connectivity index (χ1n) is 8.25. The molecule has 1 aliphatic rings. The molecule has 1 aliphatic carbocycles. The Morgan fingerprint density at radius 2 is 1.72 bits per heavy atom. The molecule has 1 aromatic carbocycles. The summed E-state index contributed by atoms with van der Waals surface area (Å²) in [4.78, 5) is 35.6. The molecular weight excluding hydrogens is 324 g/mol. The van der Waals surface area contributed by atoms with Crippen molar-refractivity contribution in [2.24, 2.45) is 0 Å². The van der Waals surface area contributed by atoms with Gasteiger partial charge in [0, 0.05) is 11.7 Å². The van der Waals surface area contributed by atoms with Gasteiger partial charge in [-0.2, -0.15) is 0 Å². The number of amides is 2. The summed E-state index contributed by atoms with van der Waals surface area (Å²) in [6.45, 7) is 6.85. The summed E-state index contributed by atoms with van der Waals surface area (Å²) in [6, 6.07) is 6.37. The molecule has 2 rings (SSSR count). The van der Waals surface area contributed by atoms with Crippen LogP contribution in [0, 0.1) is 0 Å². The third kappa shape index (κ3) is 6.45. The first-order chi connectivity index (χ1) is 11.6. The highest BCUT2D eigenvalue weighted by Crippen LogP contribution is 2.19. The lowest BCUT2D eigenvalue weighted by molar-refractivity contribution is -0.129. The molecule has 7 heteroatoms. The summed E-state index contributed by atoms with van der Waals surface area (Å²) in [7, 11) is 0. The molecule has 0 heterocycles. The third-order valence-corrected chi connectivity index (χ3v) is 3.34. The van der Waals surface area contributed by atoms with Crippen LogP contribution in [0.5, 0.6) is 0 Å². The number of nitrogens with one attached hydrogen (secondary N) is 2. The van der Waals surface area contributed by atoms with Crippen LogP contribution >= 0.6 is 0 Å². The maximum atomic E-state index is 12.1. The quantitative estimate of drug-likeness (QED) is 0.798. The van der Waals surface area contributed by atoms with Crippen LogP contribution in [0.3, 0.4) is 0 Å². The normalized spacial score (nSPS) is 15.0. The van der Waals surface area contributed by atoms with E-state index in [1.165, 1.54) is 19.1 Å². The van der Waals surface area contributed by atoms with E-state index in [2.05, 4.69) is 10.6 Å². The predicted molar refractivity (Wildman–Crippen MR) is 92.3 cm³/mol. The Morgan fingerprint density at radius 1 is 1.12 bits per heavy atom. The van der Waals surface area contributed by atoms with E-state index in [-0.39, 0.29) is 11.9 Å². The molecule has 0 aliphatic heterocycles. The van der Waals surface area contributed by atoms with Crippen LogP contribution in [-0.4, -0.2) is 35.7 Å². The van der Waals surface area contributed by atoms with Crippen molar-refractivity contribution in [1.82, 2.24) is 5.32 Å². The monoisotopic (exact) mass is 348 g/mol. The van der Waals surface area contributed by atoms with Gasteiger partial charge in [-0.1, -0.05) is 0 Å². The van der Waals surface area contributed by atoms with Crippen molar-refractivity contribution >= 4 is 23.7 Å². The molecule has 0 bridgehead atoms.